The normalized spacial score (nSPS) is 11.0. The minimum Gasteiger partial charge on any atom is -0.326 e. The number of hydrogen-bond acceptors (Lipinski definition) is 3. The highest BCUT2D eigenvalue weighted by Crippen LogP contribution is 2.31. The molecule has 4 aromatic rings. The Hall–Kier alpha value is -3.13. The van der Waals surface area contributed by atoms with Crippen molar-refractivity contribution < 1.29 is 13.6 Å². The van der Waals surface area contributed by atoms with Crippen LogP contribution in [0.25, 0.3) is 28.0 Å². The highest BCUT2D eigenvalue weighted by molar-refractivity contribution is 9.10. The zero-order chi connectivity index (χ0) is 19.8. The van der Waals surface area contributed by atoms with Gasteiger partial charge in [-0.05, 0) is 57.9 Å². The SMILES string of the molecule is CC(=O)Nc1cc(-c2c(F)cccc2F)cc(-n2cnc3cc(Br)cnc32)c1. The van der Waals surface area contributed by atoms with Gasteiger partial charge in [-0.15, -0.1) is 0 Å². The van der Waals surface area contributed by atoms with E-state index < -0.39 is 11.6 Å². The lowest BCUT2D eigenvalue weighted by Gasteiger charge is -2.13. The van der Waals surface area contributed by atoms with Gasteiger partial charge in [0.15, 0.2) is 5.65 Å². The molecule has 0 bridgehead atoms. The molecule has 1 amide bonds. The molecular formula is C20H13BrF2N4O. The molecule has 8 heteroatoms. The summed E-state index contributed by atoms with van der Waals surface area (Å²) >= 11 is 3.35. The summed E-state index contributed by atoms with van der Waals surface area (Å²) in [6, 6.07) is 10.3. The Balaban J connectivity index is 1.95. The summed E-state index contributed by atoms with van der Waals surface area (Å²) in [5.41, 5.74) is 2.30. The topological polar surface area (TPSA) is 59.8 Å². The minimum atomic E-state index is -0.691. The van der Waals surface area contributed by atoms with Gasteiger partial charge in [-0.25, -0.2) is 18.7 Å². The Morgan fingerprint density at radius 3 is 2.57 bits per heavy atom. The molecule has 2 aromatic carbocycles. The molecule has 4 rings (SSSR count). The molecule has 0 spiro atoms. The van der Waals surface area contributed by atoms with Gasteiger partial charge in [0.2, 0.25) is 5.91 Å². The second-order valence-corrected chi connectivity index (χ2v) is 7.07. The molecular weight excluding hydrogens is 430 g/mol. The number of rotatable bonds is 3. The molecule has 0 aliphatic carbocycles. The predicted octanol–water partition coefficient (Wildman–Crippen LogP) is 5.09. The Morgan fingerprint density at radius 2 is 1.86 bits per heavy atom. The van der Waals surface area contributed by atoms with Gasteiger partial charge in [-0.3, -0.25) is 9.36 Å². The van der Waals surface area contributed by atoms with Gasteiger partial charge >= 0.3 is 0 Å². The number of nitrogens with one attached hydrogen (secondary N) is 1. The number of nitrogens with zero attached hydrogens (tertiary/aromatic N) is 3. The molecule has 0 aliphatic heterocycles. The summed E-state index contributed by atoms with van der Waals surface area (Å²) in [4.78, 5) is 20.2. The molecule has 0 fully saturated rings. The number of pyridine rings is 1. The Kier molecular flexibility index (Phi) is 4.64. The van der Waals surface area contributed by atoms with Crippen LogP contribution in [0.15, 0.2) is 59.5 Å². The maximum Gasteiger partial charge on any atom is 0.221 e. The molecule has 0 unspecified atom stereocenters. The van der Waals surface area contributed by atoms with Crippen molar-refractivity contribution in [3.63, 3.8) is 0 Å². The number of amides is 1. The third-order valence-corrected chi connectivity index (χ3v) is 4.56. The largest absolute Gasteiger partial charge is 0.326 e. The van der Waals surface area contributed by atoms with Gasteiger partial charge < -0.3 is 5.32 Å². The monoisotopic (exact) mass is 442 g/mol. The van der Waals surface area contributed by atoms with Crippen LogP contribution < -0.4 is 5.32 Å². The molecule has 28 heavy (non-hydrogen) atoms. The summed E-state index contributed by atoms with van der Waals surface area (Å²) in [5.74, 6) is -1.68. The zero-order valence-electron chi connectivity index (χ0n) is 14.6. The number of imidazole rings is 1. The van der Waals surface area contributed by atoms with E-state index in [1.165, 1.54) is 31.2 Å². The summed E-state index contributed by atoms with van der Waals surface area (Å²) in [5, 5.41) is 2.67. The van der Waals surface area contributed by atoms with Crippen LogP contribution >= 0.6 is 15.9 Å². The molecule has 0 atom stereocenters. The first-order valence-corrected chi connectivity index (χ1v) is 9.08. The lowest BCUT2D eigenvalue weighted by molar-refractivity contribution is -0.114. The first-order chi connectivity index (χ1) is 13.4. The van der Waals surface area contributed by atoms with Crippen LogP contribution in [0.2, 0.25) is 0 Å². The molecule has 0 aliphatic rings. The van der Waals surface area contributed by atoms with E-state index in [0.717, 1.165) is 4.47 Å². The Bertz CT molecular complexity index is 1200. The molecule has 0 saturated heterocycles. The number of anilines is 1. The number of aromatic nitrogens is 3. The van der Waals surface area contributed by atoms with Crippen molar-refractivity contribution in [2.24, 2.45) is 0 Å². The van der Waals surface area contributed by atoms with E-state index in [2.05, 4.69) is 31.2 Å². The van der Waals surface area contributed by atoms with Gasteiger partial charge in [-0.2, -0.15) is 0 Å². The molecule has 0 radical (unpaired) electrons. The Labute approximate surface area is 167 Å². The van der Waals surface area contributed by atoms with Crippen LogP contribution in [0.3, 0.4) is 0 Å². The third-order valence-electron chi connectivity index (χ3n) is 4.12. The van der Waals surface area contributed by atoms with Crippen LogP contribution in [-0.4, -0.2) is 20.4 Å². The number of hydrogen-bond donors (Lipinski definition) is 1. The fourth-order valence-corrected chi connectivity index (χ4v) is 3.33. The lowest BCUT2D eigenvalue weighted by atomic mass is 10.0. The molecule has 1 N–H and O–H groups in total. The first kappa shape index (κ1) is 18.2. The number of halogens is 3. The third kappa shape index (κ3) is 3.38. The van der Waals surface area contributed by atoms with Crippen LogP contribution in [0.5, 0.6) is 0 Å². The van der Waals surface area contributed by atoms with Crippen LogP contribution in [0, 0.1) is 11.6 Å². The molecule has 140 valence electrons. The van der Waals surface area contributed by atoms with Crippen molar-refractivity contribution in [1.82, 2.24) is 14.5 Å². The van der Waals surface area contributed by atoms with Gasteiger partial charge in [0.25, 0.3) is 0 Å². The minimum absolute atomic E-state index is 0.170. The van der Waals surface area contributed by atoms with E-state index in [9.17, 15) is 13.6 Å². The van der Waals surface area contributed by atoms with Crippen molar-refractivity contribution in [2.45, 2.75) is 6.92 Å². The smallest absolute Gasteiger partial charge is 0.221 e. The Morgan fingerprint density at radius 1 is 1.11 bits per heavy atom. The fourth-order valence-electron chi connectivity index (χ4n) is 3.01. The number of fused-ring (bicyclic) bond motifs is 1. The van der Waals surface area contributed by atoms with E-state index >= 15 is 0 Å². The van der Waals surface area contributed by atoms with Gasteiger partial charge in [0.05, 0.1) is 11.3 Å². The van der Waals surface area contributed by atoms with Crippen molar-refractivity contribution in [3.05, 3.63) is 71.1 Å². The lowest BCUT2D eigenvalue weighted by Crippen LogP contribution is -2.07. The number of carbonyl (C=O) groups is 1. The van der Waals surface area contributed by atoms with Crippen molar-refractivity contribution in [2.75, 3.05) is 5.32 Å². The maximum absolute atomic E-state index is 14.3. The van der Waals surface area contributed by atoms with Crippen molar-refractivity contribution in [3.8, 4) is 16.8 Å². The predicted molar refractivity (Wildman–Crippen MR) is 106 cm³/mol. The molecule has 0 saturated carbocycles. The quantitative estimate of drug-likeness (QED) is 0.480. The average molecular weight is 443 g/mol. The fraction of sp³-hybridized carbons (Fsp3) is 0.0500. The van der Waals surface area contributed by atoms with E-state index in [-0.39, 0.29) is 17.0 Å². The summed E-state index contributed by atoms with van der Waals surface area (Å²) in [6.07, 6.45) is 3.20. The van der Waals surface area contributed by atoms with E-state index in [1.54, 1.807) is 29.2 Å². The zero-order valence-corrected chi connectivity index (χ0v) is 16.2. The summed E-state index contributed by atoms with van der Waals surface area (Å²) in [7, 11) is 0. The highest BCUT2D eigenvalue weighted by atomic mass is 79.9. The molecule has 2 heterocycles. The number of benzene rings is 2. The summed E-state index contributed by atoms with van der Waals surface area (Å²) in [6.45, 7) is 1.36. The van der Waals surface area contributed by atoms with Gasteiger partial charge in [-0.1, -0.05) is 6.07 Å². The van der Waals surface area contributed by atoms with Crippen molar-refractivity contribution >= 4 is 38.7 Å². The van der Waals surface area contributed by atoms with E-state index in [0.29, 0.717) is 22.5 Å². The van der Waals surface area contributed by atoms with Crippen LogP contribution in [0.1, 0.15) is 6.92 Å². The van der Waals surface area contributed by atoms with Crippen molar-refractivity contribution in [1.29, 1.82) is 0 Å². The average Bonchev–Trinajstić information content (AvgIpc) is 3.04. The van der Waals surface area contributed by atoms with Gasteiger partial charge in [0.1, 0.15) is 23.5 Å². The first-order valence-electron chi connectivity index (χ1n) is 8.28. The second kappa shape index (κ2) is 7.12. The molecule has 5 nitrogen and oxygen atoms in total. The maximum atomic E-state index is 14.3. The van der Waals surface area contributed by atoms with E-state index in [1.807, 2.05) is 6.07 Å². The number of carbonyl (C=O) groups excluding carboxylic acids is 1. The van der Waals surface area contributed by atoms with Crippen LogP contribution in [-0.2, 0) is 4.79 Å². The van der Waals surface area contributed by atoms with Gasteiger partial charge in [0, 0.05) is 23.3 Å². The summed E-state index contributed by atoms with van der Waals surface area (Å²) < 4.78 is 31.1. The molecule has 2 aromatic heterocycles. The standard InChI is InChI=1S/C20H13BrF2N4O/c1-11(28)26-14-5-12(19-16(22)3-2-4-17(19)23)6-15(8-14)27-10-25-18-7-13(21)9-24-20(18)27/h2-10H,1H3,(H,26,28). The van der Waals surface area contributed by atoms with E-state index in [4.69, 9.17) is 0 Å². The second-order valence-electron chi connectivity index (χ2n) is 6.16. The highest BCUT2D eigenvalue weighted by Gasteiger charge is 2.15. The van der Waals surface area contributed by atoms with Crippen LogP contribution in [0.4, 0.5) is 14.5 Å².